The first kappa shape index (κ1) is 19.0. The highest BCUT2D eigenvalue weighted by Crippen LogP contribution is 2.25. The largest absolute Gasteiger partial charge is 0.496 e. The second-order valence-corrected chi connectivity index (χ2v) is 6.82. The van der Waals surface area contributed by atoms with Crippen LogP contribution in [0.25, 0.3) is 5.69 Å². The van der Waals surface area contributed by atoms with Crippen molar-refractivity contribution in [2.45, 2.75) is 18.1 Å². The maximum Gasteiger partial charge on any atom is 0.230 e. The van der Waals surface area contributed by atoms with Crippen LogP contribution in [0.3, 0.4) is 0 Å². The molecule has 0 aliphatic carbocycles. The Morgan fingerprint density at radius 1 is 1.30 bits per heavy atom. The van der Waals surface area contributed by atoms with Crippen molar-refractivity contribution in [2.75, 3.05) is 12.9 Å². The van der Waals surface area contributed by atoms with Crippen molar-refractivity contribution in [1.82, 2.24) is 14.9 Å². The Bertz CT molecular complexity index is 929. The zero-order valence-corrected chi connectivity index (χ0v) is 15.9. The van der Waals surface area contributed by atoms with Gasteiger partial charge in [0.05, 0.1) is 24.6 Å². The average Bonchev–Trinajstić information content (AvgIpc) is 3.15. The lowest BCUT2D eigenvalue weighted by atomic mass is 10.1. The van der Waals surface area contributed by atoms with Crippen molar-refractivity contribution >= 4 is 17.7 Å². The SMILES string of the molecule is COc1ccccc1C(C)NC(=O)CSc1nccn1-c1cccc(F)c1. The maximum absolute atomic E-state index is 13.5. The van der Waals surface area contributed by atoms with Crippen molar-refractivity contribution in [1.29, 1.82) is 0 Å². The van der Waals surface area contributed by atoms with Gasteiger partial charge >= 0.3 is 0 Å². The number of carbonyl (C=O) groups is 1. The maximum atomic E-state index is 13.5. The molecule has 5 nitrogen and oxygen atoms in total. The Balaban J connectivity index is 1.63. The Morgan fingerprint density at radius 3 is 2.89 bits per heavy atom. The molecule has 0 bridgehead atoms. The number of para-hydroxylation sites is 1. The lowest BCUT2D eigenvalue weighted by molar-refractivity contribution is -0.119. The molecular weight excluding hydrogens is 365 g/mol. The molecule has 1 atom stereocenters. The molecule has 0 fully saturated rings. The minimum atomic E-state index is -0.319. The van der Waals surface area contributed by atoms with E-state index in [9.17, 15) is 9.18 Å². The summed E-state index contributed by atoms with van der Waals surface area (Å²) in [4.78, 5) is 16.6. The summed E-state index contributed by atoms with van der Waals surface area (Å²) in [5.41, 5.74) is 1.58. The number of halogens is 1. The summed E-state index contributed by atoms with van der Waals surface area (Å²) in [7, 11) is 1.61. The molecule has 27 heavy (non-hydrogen) atoms. The first-order chi connectivity index (χ1) is 13.1. The number of carbonyl (C=O) groups excluding carboxylic acids is 1. The fourth-order valence-corrected chi connectivity index (χ4v) is 3.52. The zero-order valence-electron chi connectivity index (χ0n) is 15.1. The minimum absolute atomic E-state index is 0.118. The van der Waals surface area contributed by atoms with Gasteiger partial charge in [-0.05, 0) is 31.2 Å². The van der Waals surface area contributed by atoms with Crippen LogP contribution in [0, 0.1) is 5.82 Å². The number of amides is 1. The van der Waals surface area contributed by atoms with Gasteiger partial charge in [0.15, 0.2) is 5.16 Å². The molecule has 3 aromatic rings. The Kier molecular flexibility index (Phi) is 6.13. The van der Waals surface area contributed by atoms with Gasteiger partial charge in [0.1, 0.15) is 11.6 Å². The third-order valence-corrected chi connectivity index (χ3v) is 4.98. The summed E-state index contributed by atoms with van der Waals surface area (Å²) in [6.45, 7) is 1.91. The lowest BCUT2D eigenvalue weighted by Crippen LogP contribution is -2.28. The quantitative estimate of drug-likeness (QED) is 0.625. The predicted molar refractivity (Wildman–Crippen MR) is 104 cm³/mol. The van der Waals surface area contributed by atoms with Crippen LogP contribution in [0.5, 0.6) is 5.75 Å². The molecule has 0 spiro atoms. The number of hydrogen-bond acceptors (Lipinski definition) is 4. The van der Waals surface area contributed by atoms with Crippen molar-refractivity contribution in [3.8, 4) is 11.4 Å². The molecule has 0 saturated heterocycles. The van der Waals surface area contributed by atoms with Crippen LogP contribution in [-0.2, 0) is 4.79 Å². The number of ether oxygens (including phenoxy) is 1. The topological polar surface area (TPSA) is 56.1 Å². The number of thioether (sulfide) groups is 1. The molecule has 0 radical (unpaired) electrons. The molecule has 0 saturated carbocycles. The number of nitrogens with zero attached hydrogens (tertiary/aromatic N) is 2. The molecular formula is C20H20FN3O2S. The van der Waals surface area contributed by atoms with Crippen molar-refractivity contribution in [2.24, 2.45) is 0 Å². The van der Waals surface area contributed by atoms with E-state index in [-0.39, 0.29) is 23.5 Å². The van der Waals surface area contributed by atoms with Crippen LogP contribution in [0.1, 0.15) is 18.5 Å². The standard InChI is InChI=1S/C20H20FN3O2S/c1-14(17-8-3-4-9-18(17)26-2)23-19(25)13-27-20-22-10-11-24(20)16-7-5-6-15(21)12-16/h3-12,14H,13H2,1-2H3,(H,23,25). The van der Waals surface area contributed by atoms with Crippen LogP contribution in [0.4, 0.5) is 4.39 Å². The molecule has 1 unspecified atom stereocenters. The van der Waals surface area contributed by atoms with Crippen LogP contribution < -0.4 is 10.1 Å². The van der Waals surface area contributed by atoms with E-state index in [1.54, 1.807) is 36.2 Å². The van der Waals surface area contributed by atoms with Crippen molar-refractivity contribution in [3.05, 3.63) is 72.3 Å². The predicted octanol–water partition coefficient (Wildman–Crippen LogP) is 3.99. The Morgan fingerprint density at radius 2 is 2.11 bits per heavy atom. The molecule has 0 aliphatic rings. The highest BCUT2D eigenvalue weighted by atomic mass is 32.2. The van der Waals surface area contributed by atoms with Crippen LogP contribution in [0.15, 0.2) is 66.1 Å². The molecule has 7 heteroatoms. The van der Waals surface area contributed by atoms with Crippen LogP contribution >= 0.6 is 11.8 Å². The smallest absolute Gasteiger partial charge is 0.230 e. The Hall–Kier alpha value is -2.80. The number of rotatable bonds is 7. The average molecular weight is 385 g/mol. The van der Waals surface area contributed by atoms with Crippen molar-refractivity contribution < 1.29 is 13.9 Å². The van der Waals surface area contributed by atoms with E-state index in [1.165, 1.54) is 23.9 Å². The summed E-state index contributed by atoms with van der Waals surface area (Å²) in [6, 6.07) is 13.6. The summed E-state index contributed by atoms with van der Waals surface area (Å²) >= 11 is 1.30. The van der Waals surface area contributed by atoms with E-state index in [1.807, 2.05) is 31.2 Å². The van der Waals surface area contributed by atoms with Gasteiger partial charge in [-0.15, -0.1) is 0 Å². The third kappa shape index (κ3) is 4.68. The monoisotopic (exact) mass is 385 g/mol. The molecule has 140 valence electrons. The van der Waals surface area contributed by atoms with E-state index < -0.39 is 0 Å². The third-order valence-electron chi connectivity index (χ3n) is 4.01. The summed E-state index contributed by atoms with van der Waals surface area (Å²) < 4.78 is 20.6. The van der Waals surface area contributed by atoms with E-state index in [0.29, 0.717) is 10.8 Å². The fraction of sp³-hybridized carbons (Fsp3) is 0.200. The second-order valence-electron chi connectivity index (χ2n) is 5.88. The van der Waals surface area contributed by atoms with Crippen LogP contribution in [-0.4, -0.2) is 28.3 Å². The van der Waals surface area contributed by atoms with Gasteiger partial charge in [0, 0.05) is 18.0 Å². The number of methoxy groups -OCH3 is 1. The molecule has 1 heterocycles. The molecule has 1 N–H and O–H groups in total. The molecule has 0 aliphatic heterocycles. The fourth-order valence-electron chi connectivity index (χ4n) is 2.73. The number of hydrogen-bond donors (Lipinski definition) is 1. The van der Waals surface area contributed by atoms with E-state index >= 15 is 0 Å². The molecule has 3 rings (SSSR count). The van der Waals surface area contributed by atoms with E-state index in [4.69, 9.17) is 4.74 Å². The number of aromatic nitrogens is 2. The van der Waals surface area contributed by atoms with Gasteiger partial charge < -0.3 is 10.1 Å². The first-order valence-corrected chi connectivity index (χ1v) is 9.41. The van der Waals surface area contributed by atoms with Gasteiger partial charge in [-0.25, -0.2) is 9.37 Å². The number of nitrogens with one attached hydrogen (secondary N) is 1. The van der Waals surface area contributed by atoms with Gasteiger partial charge in [-0.2, -0.15) is 0 Å². The molecule has 1 aromatic heterocycles. The zero-order chi connectivity index (χ0) is 19.2. The van der Waals surface area contributed by atoms with Crippen molar-refractivity contribution in [3.63, 3.8) is 0 Å². The minimum Gasteiger partial charge on any atom is -0.496 e. The highest BCUT2D eigenvalue weighted by molar-refractivity contribution is 7.99. The highest BCUT2D eigenvalue weighted by Gasteiger charge is 2.15. The van der Waals surface area contributed by atoms with Gasteiger partial charge in [0.2, 0.25) is 5.91 Å². The lowest BCUT2D eigenvalue weighted by Gasteiger charge is -2.17. The summed E-state index contributed by atoms with van der Waals surface area (Å²) in [6.07, 6.45) is 3.37. The number of benzene rings is 2. The normalized spacial score (nSPS) is 11.8. The first-order valence-electron chi connectivity index (χ1n) is 8.43. The molecule has 2 aromatic carbocycles. The van der Waals surface area contributed by atoms with Crippen LogP contribution in [0.2, 0.25) is 0 Å². The van der Waals surface area contributed by atoms with Gasteiger partial charge in [-0.1, -0.05) is 36.0 Å². The molecule has 1 amide bonds. The number of imidazole rings is 1. The Labute approximate surface area is 161 Å². The second kappa shape index (κ2) is 8.73. The van der Waals surface area contributed by atoms with E-state index in [0.717, 1.165) is 11.3 Å². The summed E-state index contributed by atoms with van der Waals surface area (Å²) in [5.74, 6) is 0.499. The van der Waals surface area contributed by atoms with Gasteiger partial charge in [0.25, 0.3) is 0 Å². The van der Waals surface area contributed by atoms with E-state index in [2.05, 4.69) is 10.3 Å². The van der Waals surface area contributed by atoms with Gasteiger partial charge in [-0.3, -0.25) is 9.36 Å². The summed E-state index contributed by atoms with van der Waals surface area (Å²) in [5, 5.41) is 3.59.